The fourth-order valence-corrected chi connectivity index (χ4v) is 2.41. The number of carbonyl (C=O) groups excluding carboxylic acids is 1. The second-order valence-electron chi connectivity index (χ2n) is 5.10. The number of halogens is 1. The van der Waals surface area contributed by atoms with E-state index < -0.39 is 0 Å². The van der Waals surface area contributed by atoms with Crippen molar-refractivity contribution in [2.75, 3.05) is 12.4 Å². The first-order valence-corrected chi connectivity index (χ1v) is 7.81. The van der Waals surface area contributed by atoms with Gasteiger partial charge in [0.2, 0.25) is 5.89 Å². The van der Waals surface area contributed by atoms with Crippen LogP contribution in [0.3, 0.4) is 0 Å². The molecular weight excluding hydrogens is 326 g/mol. The lowest BCUT2D eigenvalue weighted by atomic mass is 10.1. The lowest BCUT2D eigenvalue weighted by Crippen LogP contribution is -2.19. The van der Waals surface area contributed by atoms with Gasteiger partial charge in [0.25, 0.3) is 5.91 Å². The van der Waals surface area contributed by atoms with Crippen molar-refractivity contribution in [1.82, 2.24) is 10.3 Å². The number of aromatic nitrogens is 1. The Balaban J connectivity index is 1.72. The van der Waals surface area contributed by atoms with E-state index in [2.05, 4.69) is 15.6 Å². The summed E-state index contributed by atoms with van der Waals surface area (Å²) in [4.78, 5) is 16.1. The van der Waals surface area contributed by atoms with Crippen LogP contribution >= 0.6 is 11.6 Å². The summed E-state index contributed by atoms with van der Waals surface area (Å²) in [6.07, 6.45) is 1.67. The van der Waals surface area contributed by atoms with Crippen LogP contribution in [-0.4, -0.2) is 17.9 Å². The number of nitrogens with one attached hydrogen (secondary N) is 2. The third-order valence-electron chi connectivity index (χ3n) is 3.51. The number of nitrogens with zero attached hydrogens (tertiary/aromatic N) is 1. The lowest BCUT2D eigenvalue weighted by Gasteiger charge is -2.09. The summed E-state index contributed by atoms with van der Waals surface area (Å²) >= 11 is 5.89. The molecule has 3 aromatic rings. The monoisotopic (exact) mass is 341 g/mol. The molecule has 1 aromatic heterocycles. The molecule has 0 aliphatic rings. The van der Waals surface area contributed by atoms with Gasteiger partial charge in [-0.3, -0.25) is 4.79 Å². The van der Waals surface area contributed by atoms with Gasteiger partial charge in [0.05, 0.1) is 18.3 Å². The van der Waals surface area contributed by atoms with Crippen LogP contribution in [0.2, 0.25) is 5.02 Å². The summed E-state index contributed by atoms with van der Waals surface area (Å²) < 4.78 is 5.74. The SMILES string of the molecule is CNC(=O)c1ccccc1NCc1ncc(-c2ccc(Cl)cc2)o1. The molecule has 0 aliphatic carbocycles. The predicted octanol–water partition coefficient (Wildman–Crippen LogP) is 3.97. The Bertz CT molecular complexity index is 843. The topological polar surface area (TPSA) is 67.2 Å². The van der Waals surface area contributed by atoms with Crippen LogP contribution in [0.5, 0.6) is 0 Å². The van der Waals surface area contributed by atoms with Crippen LogP contribution in [0.15, 0.2) is 59.1 Å². The molecule has 122 valence electrons. The van der Waals surface area contributed by atoms with Crippen LogP contribution in [-0.2, 0) is 6.54 Å². The maximum absolute atomic E-state index is 11.9. The van der Waals surface area contributed by atoms with Gasteiger partial charge in [0, 0.05) is 23.3 Å². The minimum Gasteiger partial charge on any atom is -0.439 e. The highest BCUT2D eigenvalue weighted by molar-refractivity contribution is 6.30. The largest absolute Gasteiger partial charge is 0.439 e. The van der Waals surface area contributed by atoms with Gasteiger partial charge < -0.3 is 15.1 Å². The Morgan fingerprint density at radius 1 is 1.17 bits per heavy atom. The summed E-state index contributed by atoms with van der Waals surface area (Å²) in [6, 6.07) is 14.6. The Labute approximate surface area is 144 Å². The van der Waals surface area contributed by atoms with Gasteiger partial charge in [-0.25, -0.2) is 4.98 Å². The molecule has 1 amide bonds. The van der Waals surface area contributed by atoms with Crippen LogP contribution < -0.4 is 10.6 Å². The van der Waals surface area contributed by atoms with Crippen molar-refractivity contribution < 1.29 is 9.21 Å². The molecule has 0 aliphatic heterocycles. The van der Waals surface area contributed by atoms with E-state index in [1.54, 1.807) is 31.4 Å². The van der Waals surface area contributed by atoms with Gasteiger partial charge in [-0.15, -0.1) is 0 Å². The molecule has 2 aromatic carbocycles. The molecule has 0 atom stereocenters. The van der Waals surface area contributed by atoms with Crippen molar-refractivity contribution in [2.24, 2.45) is 0 Å². The first-order chi connectivity index (χ1) is 11.7. The Kier molecular flexibility index (Phi) is 4.82. The molecule has 0 spiro atoms. The molecule has 0 unspecified atom stereocenters. The summed E-state index contributed by atoms with van der Waals surface area (Å²) in [7, 11) is 1.60. The highest BCUT2D eigenvalue weighted by atomic mass is 35.5. The molecule has 1 heterocycles. The average molecular weight is 342 g/mol. The highest BCUT2D eigenvalue weighted by Crippen LogP contribution is 2.23. The lowest BCUT2D eigenvalue weighted by molar-refractivity contribution is 0.0964. The second kappa shape index (κ2) is 7.19. The third-order valence-corrected chi connectivity index (χ3v) is 3.76. The van der Waals surface area contributed by atoms with Gasteiger partial charge in [0.15, 0.2) is 5.76 Å². The number of oxazole rings is 1. The average Bonchev–Trinajstić information content (AvgIpc) is 3.09. The van der Waals surface area contributed by atoms with E-state index in [0.717, 1.165) is 11.3 Å². The van der Waals surface area contributed by atoms with E-state index >= 15 is 0 Å². The molecule has 3 rings (SSSR count). The molecule has 0 radical (unpaired) electrons. The standard InChI is InChI=1S/C18H16ClN3O2/c1-20-18(23)14-4-2-3-5-15(14)21-11-17-22-10-16(24-17)12-6-8-13(19)9-7-12/h2-10,21H,11H2,1H3,(H,20,23). The van der Waals surface area contributed by atoms with Gasteiger partial charge in [-0.2, -0.15) is 0 Å². The summed E-state index contributed by atoms with van der Waals surface area (Å²) in [5.41, 5.74) is 2.21. The Morgan fingerprint density at radius 2 is 1.92 bits per heavy atom. The van der Waals surface area contributed by atoms with E-state index in [1.165, 1.54) is 0 Å². The number of amides is 1. The molecule has 6 heteroatoms. The zero-order chi connectivity index (χ0) is 16.9. The van der Waals surface area contributed by atoms with Crippen LogP contribution in [0.4, 0.5) is 5.69 Å². The minimum absolute atomic E-state index is 0.146. The maximum atomic E-state index is 11.9. The smallest absolute Gasteiger partial charge is 0.253 e. The number of hydrogen-bond acceptors (Lipinski definition) is 4. The number of benzene rings is 2. The summed E-state index contributed by atoms with van der Waals surface area (Å²) in [6.45, 7) is 0.377. The van der Waals surface area contributed by atoms with Crippen LogP contribution in [0, 0.1) is 0 Å². The first-order valence-electron chi connectivity index (χ1n) is 7.43. The fraction of sp³-hybridized carbons (Fsp3) is 0.111. The van der Waals surface area contributed by atoms with Crippen molar-refractivity contribution in [1.29, 1.82) is 0 Å². The quantitative estimate of drug-likeness (QED) is 0.737. The van der Waals surface area contributed by atoms with Gasteiger partial charge in [-0.1, -0.05) is 23.7 Å². The van der Waals surface area contributed by atoms with Crippen molar-refractivity contribution in [3.63, 3.8) is 0 Å². The Morgan fingerprint density at radius 3 is 2.67 bits per heavy atom. The number of para-hydroxylation sites is 1. The number of carbonyl (C=O) groups is 1. The molecule has 2 N–H and O–H groups in total. The van der Waals surface area contributed by atoms with Crippen LogP contribution in [0.1, 0.15) is 16.2 Å². The van der Waals surface area contributed by atoms with E-state index in [1.807, 2.05) is 30.3 Å². The third kappa shape index (κ3) is 3.58. The molecule has 0 fully saturated rings. The normalized spacial score (nSPS) is 10.4. The Hall–Kier alpha value is -2.79. The first kappa shape index (κ1) is 16.1. The van der Waals surface area contributed by atoms with Gasteiger partial charge >= 0.3 is 0 Å². The zero-order valence-corrected chi connectivity index (χ0v) is 13.8. The molecule has 0 bridgehead atoms. The number of hydrogen-bond donors (Lipinski definition) is 2. The van der Waals surface area contributed by atoms with Crippen molar-refractivity contribution in [3.8, 4) is 11.3 Å². The molecule has 0 saturated heterocycles. The predicted molar refractivity (Wildman–Crippen MR) is 94.1 cm³/mol. The van der Waals surface area contributed by atoms with Crippen molar-refractivity contribution in [2.45, 2.75) is 6.54 Å². The maximum Gasteiger partial charge on any atom is 0.253 e. The second-order valence-corrected chi connectivity index (χ2v) is 5.54. The zero-order valence-electron chi connectivity index (χ0n) is 13.0. The molecule has 0 saturated carbocycles. The molecule has 24 heavy (non-hydrogen) atoms. The van der Waals surface area contributed by atoms with E-state index in [4.69, 9.17) is 16.0 Å². The summed E-state index contributed by atoms with van der Waals surface area (Å²) in [5.74, 6) is 1.06. The van der Waals surface area contributed by atoms with Gasteiger partial charge in [-0.05, 0) is 36.4 Å². The molecular formula is C18H16ClN3O2. The highest BCUT2D eigenvalue weighted by Gasteiger charge is 2.10. The number of rotatable bonds is 5. The van der Waals surface area contributed by atoms with E-state index in [0.29, 0.717) is 28.8 Å². The minimum atomic E-state index is -0.146. The van der Waals surface area contributed by atoms with Crippen molar-refractivity contribution >= 4 is 23.2 Å². The van der Waals surface area contributed by atoms with E-state index in [-0.39, 0.29) is 5.91 Å². The van der Waals surface area contributed by atoms with Crippen molar-refractivity contribution in [3.05, 3.63) is 71.2 Å². The summed E-state index contributed by atoms with van der Waals surface area (Å²) in [5, 5.41) is 6.47. The van der Waals surface area contributed by atoms with E-state index in [9.17, 15) is 4.79 Å². The number of anilines is 1. The fourth-order valence-electron chi connectivity index (χ4n) is 2.28. The molecule has 5 nitrogen and oxygen atoms in total. The van der Waals surface area contributed by atoms with Crippen LogP contribution in [0.25, 0.3) is 11.3 Å². The van der Waals surface area contributed by atoms with Gasteiger partial charge in [0.1, 0.15) is 0 Å².